The molecule has 0 amide bonds. The molecule has 0 radical (unpaired) electrons. The van der Waals surface area contributed by atoms with Crippen LogP contribution in [0.2, 0.25) is 0 Å². The van der Waals surface area contributed by atoms with Gasteiger partial charge in [0.15, 0.2) is 0 Å². The molecule has 0 aliphatic heterocycles. The van der Waals surface area contributed by atoms with Crippen LogP contribution in [0.15, 0.2) is 48.6 Å². The molecule has 1 atom stereocenters. The number of ether oxygens (including phenoxy) is 2. The zero-order valence-corrected chi connectivity index (χ0v) is 36.2. The molecule has 0 rings (SSSR count). The second-order valence-corrected chi connectivity index (χ2v) is 15.8. The van der Waals surface area contributed by atoms with Crippen molar-refractivity contribution in [3.8, 4) is 0 Å². The molecule has 0 aliphatic rings. The Bertz CT molecular complexity index is 844. The van der Waals surface area contributed by atoms with Gasteiger partial charge in [0.1, 0.15) is 6.10 Å². The monoisotopic (exact) mass is 757 g/mol. The van der Waals surface area contributed by atoms with Crippen LogP contribution in [0.5, 0.6) is 0 Å². The number of rotatable bonds is 44. The number of esters is 1. The van der Waals surface area contributed by atoms with Crippen molar-refractivity contribution >= 4 is 5.97 Å². The van der Waals surface area contributed by atoms with Crippen LogP contribution in [0.4, 0.5) is 0 Å². The summed E-state index contributed by atoms with van der Waals surface area (Å²) in [6.45, 7) is 5.25. The Balaban J connectivity index is 3.41. The Morgan fingerprint density at radius 3 is 1.26 bits per heavy atom. The molecule has 316 valence electrons. The van der Waals surface area contributed by atoms with Gasteiger partial charge < -0.3 is 14.6 Å². The van der Waals surface area contributed by atoms with Gasteiger partial charge in [-0.3, -0.25) is 4.79 Å². The van der Waals surface area contributed by atoms with Crippen molar-refractivity contribution in [1.29, 1.82) is 0 Å². The molecule has 4 nitrogen and oxygen atoms in total. The van der Waals surface area contributed by atoms with Gasteiger partial charge in [-0.15, -0.1) is 0 Å². The molecule has 4 heteroatoms. The zero-order chi connectivity index (χ0) is 39.1. The fraction of sp³-hybridized carbons (Fsp3) is 0.820. The topological polar surface area (TPSA) is 55.8 Å². The van der Waals surface area contributed by atoms with E-state index in [-0.39, 0.29) is 12.6 Å². The van der Waals surface area contributed by atoms with Crippen LogP contribution >= 0.6 is 0 Å². The Hall–Kier alpha value is -1.65. The second-order valence-electron chi connectivity index (χ2n) is 15.8. The highest BCUT2D eigenvalue weighted by molar-refractivity contribution is 5.69. The number of hydrogen-bond donors (Lipinski definition) is 1. The van der Waals surface area contributed by atoms with Crippen LogP contribution in [0.3, 0.4) is 0 Å². The van der Waals surface area contributed by atoms with E-state index in [2.05, 4.69) is 62.5 Å². The van der Waals surface area contributed by atoms with Crippen LogP contribution in [-0.4, -0.2) is 37.0 Å². The predicted octanol–water partition coefficient (Wildman–Crippen LogP) is 15.8. The van der Waals surface area contributed by atoms with Crippen molar-refractivity contribution in [2.75, 3.05) is 19.8 Å². The van der Waals surface area contributed by atoms with Gasteiger partial charge in [-0.05, 0) is 51.4 Å². The highest BCUT2D eigenvalue weighted by atomic mass is 16.6. The largest absolute Gasteiger partial charge is 0.457 e. The Kier molecular flexibility index (Phi) is 46.0. The van der Waals surface area contributed by atoms with Crippen molar-refractivity contribution in [3.63, 3.8) is 0 Å². The average molecular weight is 757 g/mol. The molecule has 0 heterocycles. The van der Waals surface area contributed by atoms with Gasteiger partial charge in [0.05, 0.1) is 13.2 Å². The average Bonchev–Trinajstić information content (AvgIpc) is 3.18. The Morgan fingerprint density at radius 1 is 0.463 bits per heavy atom. The minimum Gasteiger partial charge on any atom is -0.457 e. The van der Waals surface area contributed by atoms with Crippen LogP contribution in [-0.2, 0) is 14.3 Å². The summed E-state index contributed by atoms with van der Waals surface area (Å²) in [6, 6.07) is 0. The van der Waals surface area contributed by atoms with E-state index in [9.17, 15) is 9.90 Å². The number of allylic oxidation sites excluding steroid dienone is 8. The molecule has 0 aliphatic carbocycles. The van der Waals surface area contributed by atoms with E-state index in [1.165, 1.54) is 173 Å². The van der Waals surface area contributed by atoms with Crippen molar-refractivity contribution in [2.45, 2.75) is 245 Å². The molecule has 0 aromatic rings. The van der Waals surface area contributed by atoms with Gasteiger partial charge in [0.2, 0.25) is 0 Å². The van der Waals surface area contributed by atoms with Crippen molar-refractivity contribution < 1.29 is 19.4 Å². The van der Waals surface area contributed by atoms with Crippen LogP contribution in [0.1, 0.15) is 239 Å². The molecule has 0 bridgehead atoms. The maximum atomic E-state index is 12.2. The van der Waals surface area contributed by atoms with Crippen molar-refractivity contribution in [1.82, 2.24) is 0 Å². The number of aliphatic hydroxyl groups excluding tert-OH is 1. The van der Waals surface area contributed by atoms with Crippen LogP contribution in [0.25, 0.3) is 0 Å². The lowest BCUT2D eigenvalue weighted by Gasteiger charge is -2.16. The summed E-state index contributed by atoms with van der Waals surface area (Å²) in [5, 5.41) is 9.63. The summed E-state index contributed by atoms with van der Waals surface area (Å²) in [6.07, 6.45) is 61.9. The summed E-state index contributed by atoms with van der Waals surface area (Å²) in [4.78, 5) is 12.2. The van der Waals surface area contributed by atoms with E-state index in [0.29, 0.717) is 19.6 Å². The van der Waals surface area contributed by atoms with Gasteiger partial charge in [-0.1, -0.05) is 229 Å². The van der Waals surface area contributed by atoms with Crippen molar-refractivity contribution in [2.24, 2.45) is 0 Å². The molecule has 0 spiro atoms. The fourth-order valence-corrected chi connectivity index (χ4v) is 6.91. The summed E-state index contributed by atoms with van der Waals surface area (Å²) in [7, 11) is 0. The first-order valence-corrected chi connectivity index (χ1v) is 23.7. The number of carbonyl (C=O) groups excluding carboxylic acids is 1. The number of hydrogen-bond acceptors (Lipinski definition) is 4. The summed E-state index contributed by atoms with van der Waals surface area (Å²) in [5.41, 5.74) is 0. The first-order chi connectivity index (χ1) is 26.7. The van der Waals surface area contributed by atoms with E-state index in [1.807, 2.05) is 0 Å². The van der Waals surface area contributed by atoms with Gasteiger partial charge in [-0.2, -0.15) is 0 Å². The standard InChI is InChI=1S/C50H92O4/c1-3-5-7-9-11-13-15-17-19-21-23-25-26-28-30-32-34-36-38-40-42-44-46-53-48-49(47-51)54-50(52)45-43-41-39-37-35-33-31-29-27-24-22-20-18-16-14-12-10-8-6-4-2/h5,7,11,13,17,19,23,25,49,51H,3-4,6,8-10,12,14-16,18,20-22,24,26-48H2,1-2H3/b7-5-,13-11-,19-17-,25-23-. The third-order valence-electron chi connectivity index (χ3n) is 10.4. The van der Waals surface area contributed by atoms with Gasteiger partial charge >= 0.3 is 5.97 Å². The van der Waals surface area contributed by atoms with Gasteiger partial charge in [0.25, 0.3) is 0 Å². The second kappa shape index (κ2) is 47.5. The predicted molar refractivity (Wildman–Crippen MR) is 237 cm³/mol. The number of aliphatic hydroxyl groups is 1. The van der Waals surface area contributed by atoms with Crippen LogP contribution < -0.4 is 0 Å². The molecule has 0 fully saturated rings. The lowest BCUT2D eigenvalue weighted by atomic mass is 10.0. The summed E-state index contributed by atoms with van der Waals surface area (Å²) < 4.78 is 11.2. The zero-order valence-electron chi connectivity index (χ0n) is 36.2. The van der Waals surface area contributed by atoms with Gasteiger partial charge in [-0.25, -0.2) is 0 Å². The van der Waals surface area contributed by atoms with Gasteiger partial charge in [0, 0.05) is 13.0 Å². The maximum absolute atomic E-state index is 12.2. The SMILES string of the molecule is CC/C=C\C/C=C\C/C=C\C/C=C\CCCCCCCCCCCOCC(CO)OC(=O)CCCCCCCCCCCCCCCCCCCCCC. The third kappa shape index (κ3) is 44.7. The van der Waals surface area contributed by atoms with E-state index >= 15 is 0 Å². The molecular formula is C50H92O4. The van der Waals surface area contributed by atoms with E-state index in [1.54, 1.807) is 0 Å². The maximum Gasteiger partial charge on any atom is 0.306 e. The Morgan fingerprint density at radius 2 is 0.833 bits per heavy atom. The minimum atomic E-state index is -0.537. The van der Waals surface area contributed by atoms with E-state index in [0.717, 1.165) is 44.9 Å². The van der Waals surface area contributed by atoms with E-state index < -0.39 is 6.10 Å². The minimum absolute atomic E-state index is 0.172. The molecule has 0 aromatic carbocycles. The molecule has 0 aromatic heterocycles. The number of unbranched alkanes of at least 4 members (excludes halogenated alkanes) is 28. The molecule has 0 saturated heterocycles. The first-order valence-electron chi connectivity index (χ1n) is 23.7. The fourth-order valence-electron chi connectivity index (χ4n) is 6.91. The molecule has 54 heavy (non-hydrogen) atoms. The lowest BCUT2D eigenvalue weighted by Crippen LogP contribution is -2.27. The lowest BCUT2D eigenvalue weighted by molar-refractivity contribution is -0.154. The first kappa shape index (κ1) is 52.3. The normalized spacial score (nSPS) is 12.7. The highest BCUT2D eigenvalue weighted by Crippen LogP contribution is 2.16. The highest BCUT2D eigenvalue weighted by Gasteiger charge is 2.13. The number of carbonyl (C=O) groups is 1. The molecule has 1 N–H and O–H groups in total. The smallest absolute Gasteiger partial charge is 0.306 e. The summed E-state index contributed by atoms with van der Waals surface area (Å²) in [5.74, 6) is -0.199. The van der Waals surface area contributed by atoms with E-state index in [4.69, 9.17) is 9.47 Å². The van der Waals surface area contributed by atoms with Crippen molar-refractivity contribution in [3.05, 3.63) is 48.6 Å². The molecule has 0 saturated carbocycles. The third-order valence-corrected chi connectivity index (χ3v) is 10.4. The quantitative estimate of drug-likeness (QED) is 0.0382. The Labute approximate surface area is 337 Å². The molecule has 1 unspecified atom stereocenters. The molecular weight excluding hydrogens is 665 g/mol. The summed E-state index contributed by atoms with van der Waals surface area (Å²) >= 11 is 0. The van der Waals surface area contributed by atoms with Crippen LogP contribution in [0, 0.1) is 0 Å².